The molecule has 1 fully saturated rings. The van der Waals surface area contributed by atoms with Gasteiger partial charge in [0.25, 0.3) is 0 Å². The molecule has 0 radical (unpaired) electrons. The molecule has 7 heteroatoms. The third kappa shape index (κ3) is 2.51. The summed E-state index contributed by atoms with van der Waals surface area (Å²) in [5.41, 5.74) is 0.553. The molecule has 1 N–H and O–H groups in total. The normalized spacial score (nSPS) is 21.0. The van der Waals surface area contributed by atoms with Crippen molar-refractivity contribution in [1.82, 2.24) is 15.1 Å². The highest BCUT2D eigenvalue weighted by Gasteiger charge is 2.32. The van der Waals surface area contributed by atoms with E-state index in [9.17, 15) is 18.4 Å². The van der Waals surface area contributed by atoms with Crippen molar-refractivity contribution in [3.8, 4) is 0 Å². The molecule has 0 spiro atoms. The SMILES string of the molecule is CN1CCC(NC(=O)N2CCc3c(F)ccc(F)c3C2)C1=O. The van der Waals surface area contributed by atoms with Crippen molar-refractivity contribution in [2.24, 2.45) is 0 Å². The summed E-state index contributed by atoms with van der Waals surface area (Å²) in [6, 6.07) is 1.24. The summed E-state index contributed by atoms with van der Waals surface area (Å²) in [6.07, 6.45) is 0.833. The number of amides is 3. The van der Waals surface area contributed by atoms with E-state index in [-0.39, 0.29) is 24.4 Å². The minimum atomic E-state index is -0.531. The maximum absolute atomic E-state index is 13.8. The van der Waals surface area contributed by atoms with Crippen molar-refractivity contribution in [3.63, 3.8) is 0 Å². The monoisotopic (exact) mass is 309 g/mol. The van der Waals surface area contributed by atoms with E-state index in [1.807, 2.05) is 0 Å². The van der Waals surface area contributed by atoms with Crippen molar-refractivity contribution in [2.75, 3.05) is 20.1 Å². The predicted octanol–water partition coefficient (Wildman–Crippen LogP) is 1.26. The zero-order valence-corrected chi connectivity index (χ0v) is 12.2. The van der Waals surface area contributed by atoms with Crippen LogP contribution in [0.1, 0.15) is 17.5 Å². The summed E-state index contributed by atoms with van der Waals surface area (Å²) in [7, 11) is 1.68. The van der Waals surface area contributed by atoms with Gasteiger partial charge in [-0.15, -0.1) is 0 Å². The van der Waals surface area contributed by atoms with Gasteiger partial charge in [0.15, 0.2) is 0 Å². The fraction of sp³-hybridized carbons (Fsp3) is 0.467. The van der Waals surface area contributed by atoms with E-state index in [0.29, 0.717) is 25.1 Å². The highest BCUT2D eigenvalue weighted by molar-refractivity contribution is 5.88. The summed E-state index contributed by atoms with van der Waals surface area (Å²) in [5.74, 6) is -1.07. The van der Waals surface area contributed by atoms with Crippen molar-refractivity contribution < 1.29 is 18.4 Å². The first-order valence-corrected chi connectivity index (χ1v) is 7.23. The first-order chi connectivity index (χ1) is 10.5. The first-order valence-electron chi connectivity index (χ1n) is 7.23. The molecule has 1 saturated heterocycles. The lowest BCUT2D eigenvalue weighted by molar-refractivity contribution is -0.128. The molecule has 2 aliphatic heterocycles. The van der Waals surface area contributed by atoms with Crippen LogP contribution < -0.4 is 5.32 Å². The van der Waals surface area contributed by atoms with E-state index in [0.717, 1.165) is 12.1 Å². The average Bonchev–Trinajstić information content (AvgIpc) is 2.83. The van der Waals surface area contributed by atoms with E-state index in [1.54, 1.807) is 11.9 Å². The second-order valence-corrected chi connectivity index (χ2v) is 5.71. The molecule has 1 aromatic carbocycles. The van der Waals surface area contributed by atoms with Gasteiger partial charge in [-0.05, 0) is 30.5 Å². The number of hydrogen-bond acceptors (Lipinski definition) is 2. The van der Waals surface area contributed by atoms with Gasteiger partial charge in [0.05, 0.1) is 6.54 Å². The summed E-state index contributed by atoms with van der Waals surface area (Å²) in [6.45, 7) is 0.921. The maximum atomic E-state index is 13.8. The van der Waals surface area contributed by atoms with Crippen LogP contribution in [0.5, 0.6) is 0 Å². The number of carbonyl (C=O) groups is 2. The standard InChI is InChI=1S/C15H17F2N3O2/c1-19-6-5-13(14(19)21)18-15(22)20-7-4-9-10(8-20)12(17)3-2-11(9)16/h2-3,13H,4-8H2,1H3,(H,18,22). The fourth-order valence-electron chi connectivity index (χ4n) is 2.96. The van der Waals surface area contributed by atoms with Crippen LogP contribution in [-0.4, -0.2) is 47.9 Å². The fourth-order valence-corrected chi connectivity index (χ4v) is 2.96. The number of carbonyl (C=O) groups excluding carboxylic acids is 2. The van der Waals surface area contributed by atoms with Crippen LogP contribution in [0.2, 0.25) is 0 Å². The van der Waals surface area contributed by atoms with Crippen molar-refractivity contribution in [3.05, 3.63) is 34.9 Å². The van der Waals surface area contributed by atoms with Gasteiger partial charge >= 0.3 is 6.03 Å². The number of nitrogens with zero attached hydrogens (tertiary/aromatic N) is 2. The first kappa shape index (κ1) is 14.7. The molecule has 0 aromatic heterocycles. The number of likely N-dealkylation sites (tertiary alicyclic amines) is 1. The van der Waals surface area contributed by atoms with Crippen LogP contribution in [0.4, 0.5) is 13.6 Å². The highest BCUT2D eigenvalue weighted by atomic mass is 19.1. The zero-order valence-electron chi connectivity index (χ0n) is 12.2. The zero-order chi connectivity index (χ0) is 15.9. The Hall–Kier alpha value is -2.18. The van der Waals surface area contributed by atoms with E-state index < -0.39 is 23.7 Å². The Morgan fingerprint density at radius 1 is 1.23 bits per heavy atom. The van der Waals surface area contributed by atoms with Crippen molar-refractivity contribution in [2.45, 2.75) is 25.4 Å². The molecule has 5 nitrogen and oxygen atoms in total. The van der Waals surface area contributed by atoms with Crippen molar-refractivity contribution in [1.29, 1.82) is 0 Å². The van der Waals surface area contributed by atoms with E-state index in [2.05, 4.69) is 5.32 Å². The van der Waals surface area contributed by atoms with E-state index in [4.69, 9.17) is 0 Å². The average molecular weight is 309 g/mol. The largest absolute Gasteiger partial charge is 0.344 e. The summed E-state index contributed by atoms with van der Waals surface area (Å²) in [5, 5.41) is 2.67. The molecule has 0 bridgehead atoms. The van der Waals surface area contributed by atoms with Crippen LogP contribution in [0.15, 0.2) is 12.1 Å². The molecule has 3 rings (SSSR count). The molecule has 0 saturated carbocycles. The van der Waals surface area contributed by atoms with Crippen LogP contribution in [0.3, 0.4) is 0 Å². The predicted molar refractivity (Wildman–Crippen MR) is 75.0 cm³/mol. The number of rotatable bonds is 1. The third-order valence-electron chi connectivity index (χ3n) is 4.31. The van der Waals surface area contributed by atoms with Gasteiger partial charge in [-0.2, -0.15) is 0 Å². The lowest BCUT2D eigenvalue weighted by atomic mass is 9.99. The van der Waals surface area contributed by atoms with Gasteiger partial charge in [-0.25, -0.2) is 13.6 Å². The molecule has 1 atom stereocenters. The van der Waals surface area contributed by atoms with Gasteiger partial charge in [0.1, 0.15) is 17.7 Å². The van der Waals surface area contributed by atoms with E-state index in [1.165, 1.54) is 4.90 Å². The molecule has 118 valence electrons. The second-order valence-electron chi connectivity index (χ2n) is 5.71. The van der Waals surface area contributed by atoms with Gasteiger partial charge in [0.2, 0.25) is 5.91 Å². The molecule has 3 amide bonds. The Kier molecular flexibility index (Phi) is 3.72. The molecule has 2 heterocycles. The Balaban J connectivity index is 1.71. The quantitative estimate of drug-likeness (QED) is 0.849. The van der Waals surface area contributed by atoms with Crippen LogP contribution in [0.25, 0.3) is 0 Å². The Labute approximate surface area is 126 Å². The number of fused-ring (bicyclic) bond motifs is 1. The van der Waals surface area contributed by atoms with Gasteiger partial charge < -0.3 is 15.1 Å². The molecule has 1 unspecified atom stereocenters. The summed E-state index contributed by atoms with van der Waals surface area (Å²) < 4.78 is 27.5. The highest BCUT2D eigenvalue weighted by Crippen LogP contribution is 2.24. The smallest absolute Gasteiger partial charge is 0.318 e. The molecular weight excluding hydrogens is 292 g/mol. The summed E-state index contributed by atoms with van der Waals surface area (Å²) >= 11 is 0. The maximum Gasteiger partial charge on any atom is 0.318 e. The lowest BCUT2D eigenvalue weighted by Crippen LogP contribution is -2.49. The van der Waals surface area contributed by atoms with Crippen LogP contribution in [-0.2, 0) is 17.8 Å². The lowest BCUT2D eigenvalue weighted by Gasteiger charge is -2.30. The van der Waals surface area contributed by atoms with Crippen LogP contribution >= 0.6 is 0 Å². The number of hydrogen-bond donors (Lipinski definition) is 1. The number of urea groups is 1. The third-order valence-corrected chi connectivity index (χ3v) is 4.31. The molecule has 22 heavy (non-hydrogen) atoms. The minimum absolute atomic E-state index is 0.0154. The molecule has 0 aliphatic carbocycles. The molecule has 1 aromatic rings. The Morgan fingerprint density at radius 3 is 2.55 bits per heavy atom. The van der Waals surface area contributed by atoms with Crippen LogP contribution in [0, 0.1) is 11.6 Å². The number of nitrogens with one attached hydrogen (secondary N) is 1. The minimum Gasteiger partial charge on any atom is -0.344 e. The molecule has 2 aliphatic rings. The van der Waals surface area contributed by atoms with Gasteiger partial charge in [-0.3, -0.25) is 4.79 Å². The summed E-state index contributed by atoms with van der Waals surface area (Å²) in [4.78, 5) is 27.0. The second kappa shape index (κ2) is 5.55. The van der Waals surface area contributed by atoms with Gasteiger partial charge in [0, 0.05) is 25.7 Å². The van der Waals surface area contributed by atoms with Gasteiger partial charge in [-0.1, -0.05) is 0 Å². The van der Waals surface area contributed by atoms with E-state index >= 15 is 0 Å². The topological polar surface area (TPSA) is 52.7 Å². The Morgan fingerprint density at radius 2 is 1.91 bits per heavy atom. The van der Waals surface area contributed by atoms with Crippen molar-refractivity contribution >= 4 is 11.9 Å². The Bertz CT molecular complexity index is 635. The number of benzene rings is 1. The number of likely N-dealkylation sites (N-methyl/N-ethyl adjacent to an activating group) is 1. The molecular formula is C15H17F2N3O2. The number of halogens is 2.